The second-order valence-electron chi connectivity index (χ2n) is 7.33. The minimum atomic E-state index is -0.0194. The highest BCUT2D eigenvalue weighted by Crippen LogP contribution is 2.41. The molecular formula is C24H18Cl2N4OS. The third-order valence-electron chi connectivity index (χ3n) is 5.04. The summed E-state index contributed by atoms with van der Waals surface area (Å²) < 4.78 is 7.69. The number of thioether (sulfide) groups is 1. The smallest absolute Gasteiger partial charge is 0.213 e. The Balaban J connectivity index is 1.51. The molecule has 32 heavy (non-hydrogen) atoms. The van der Waals surface area contributed by atoms with Crippen molar-refractivity contribution in [2.24, 2.45) is 5.10 Å². The first kappa shape index (κ1) is 21.1. The van der Waals surface area contributed by atoms with Crippen molar-refractivity contribution >= 4 is 40.7 Å². The largest absolute Gasteiger partial charge is 0.484 e. The molecule has 0 radical (unpaired) electrons. The summed E-state index contributed by atoms with van der Waals surface area (Å²) in [4.78, 5) is 0. The molecule has 5 nitrogen and oxygen atoms in total. The molecule has 0 bridgehead atoms. The summed E-state index contributed by atoms with van der Waals surface area (Å²) in [5, 5.41) is 15.6. The first-order valence-corrected chi connectivity index (χ1v) is 11.6. The molecule has 160 valence electrons. The lowest BCUT2D eigenvalue weighted by molar-refractivity contribution is 0.290. The van der Waals surface area contributed by atoms with Crippen molar-refractivity contribution in [3.63, 3.8) is 0 Å². The molecule has 3 aromatic carbocycles. The summed E-state index contributed by atoms with van der Waals surface area (Å²) in [6.45, 7) is 2.19. The van der Waals surface area contributed by atoms with E-state index in [0.717, 1.165) is 22.4 Å². The van der Waals surface area contributed by atoms with Crippen molar-refractivity contribution in [3.05, 3.63) is 105 Å². The Morgan fingerprint density at radius 1 is 0.969 bits per heavy atom. The van der Waals surface area contributed by atoms with Crippen LogP contribution in [-0.4, -0.2) is 20.6 Å². The van der Waals surface area contributed by atoms with E-state index < -0.39 is 0 Å². The molecule has 0 saturated carbocycles. The summed E-state index contributed by atoms with van der Waals surface area (Å²) >= 11 is 14.0. The zero-order valence-corrected chi connectivity index (χ0v) is 19.4. The number of nitrogens with zero attached hydrogens (tertiary/aromatic N) is 4. The Bertz CT molecular complexity index is 1290. The number of benzene rings is 3. The van der Waals surface area contributed by atoms with Gasteiger partial charge in [-0.15, -0.1) is 10.2 Å². The van der Waals surface area contributed by atoms with Crippen LogP contribution in [0.4, 0.5) is 0 Å². The zero-order chi connectivity index (χ0) is 22.1. The average Bonchev–Trinajstić information content (AvgIpc) is 3.22. The van der Waals surface area contributed by atoms with Gasteiger partial charge in [-0.3, -0.25) is 0 Å². The van der Waals surface area contributed by atoms with Crippen molar-refractivity contribution in [3.8, 4) is 5.75 Å². The lowest BCUT2D eigenvalue weighted by Gasteiger charge is -2.23. The number of hydrogen-bond acceptors (Lipinski definition) is 5. The number of aromatic nitrogens is 3. The number of halogens is 2. The highest BCUT2D eigenvalue weighted by molar-refractivity contribution is 8.00. The first-order valence-electron chi connectivity index (χ1n) is 9.98. The Morgan fingerprint density at radius 2 is 1.75 bits per heavy atom. The van der Waals surface area contributed by atoms with E-state index >= 15 is 0 Å². The maximum Gasteiger partial charge on any atom is 0.213 e. The average molecular weight is 481 g/mol. The van der Waals surface area contributed by atoms with Crippen LogP contribution in [0.5, 0.6) is 5.75 Å². The standard InChI is InChI=1S/C24H18Cl2N4OS/c1-15-7-12-19(26)20(13-15)31-14-21-27-28-24-30(21)29-22(16-8-10-18(25)11-9-16)23(32-24)17-5-3-2-4-6-17/h2-13,23H,14H2,1H3/t23-/m0/s1. The van der Waals surface area contributed by atoms with Crippen LogP contribution in [0.1, 0.15) is 27.8 Å². The SMILES string of the molecule is Cc1ccc(Cl)c(OCc2nnc3n2N=C(c2ccc(Cl)cc2)[C@H](c2ccccc2)S3)c1. The normalized spacial score (nSPS) is 15.2. The minimum Gasteiger partial charge on any atom is -0.484 e. The number of rotatable bonds is 5. The van der Waals surface area contributed by atoms with Gasteiger partial charge in [-0.1, -0.05) is 83.5 Å². The summed E-state index contributed by atoms with van der Waals surface area (Å²) in [6.07, 6.45) is 0. The molecule has 8 heteroatoms. The Labute approximate surface area is 200 Å². The fraction of sp³-hybridized carbons (Fsp3) is 0.125. The van der Waals surface area contributed by atoms with Gasteiger partial charge in [0.05, 0.1) is 16.0 Å². The number of ether oxygens (including phenoxy) is 1. The maximum absolute atomic E-state index is 6.27. The van der Waals surface area contributed by atoms with Gasteiger partial charge >= 0.3 is 0 Å². The monoisotopic (exact) mass is 480 g/mol. The van der Waals surface area contributed by atoms with Gasteiger partial charge < -0.3 is 4.74 Å². The molecule has 5 rings (SSSR count). The van der Waals surface area contributed by atoms with Gasteiger partial charge in [0.2, 0.25) is 5.16 Å². The van der Waals surface area contributed by atoms with Crippen molar-refractivity contribution in [1.82, 2.24) is 14.9 Å². The fourth-order valence-corrected chi connectivity index (χ4v) is 4.86. The molecule has 0 N–H and O–H groups in total. The molecule has 1 atom stereocenters. The van der Waals surface area contributed by atoms with Crippen LogP contribution in [-0.2, 0) is 6.61 Å². The highest BCUT2D eigenvalue weighted by Gasteiger charge is 2.30. The van der Waals surface area contributed by atoms with E-state index in [1.807, 2.05) is 67.6 Å². The van der Waals surface area contributed by atoms with Gasteiger partial charge in [0.15, 0.2) is 5.82 Å². The van der Waals surface area contributed by atoms with E-state index in [0.29, 0.717) is 26.8 Å². The molecule has 1 aliphatic rings. The third kappa shape index (κ3) is 4.26. The third-order valence-corrected chi connectivity index (χ3v) is 6.80. The van der Waals surface area contributed by atoms with E-state index in [2.05, 4.69) is 22.3 Å². The van der Waals surface area contributed by atoms with E-state index in [1.165, 1.54) is 0 Å². The quantitative estimate of drug-likeness (QED) is 0.324. The van der Waals surface area contributed by atoms with Crippen molar-refractivity contribution in [1.29, 1.82) is 0 Å². The van der Waals surface area contributed by atoms with Gasteiger partial charge in [0.1, 0.15) is 12.4 Å². The second kappa shape index (κ2) is 8.98. The summed E-state index contributed by atoms with van der Waals surface area (Å²) in [5.74, 6) is 1.21. The Kier molecular flexibility index (Phi) is 5.91. The van der Waals surface area contributed by atoms with E-state index in [4.69, 9.17) is 33.0 Å². The first-order chi connectivity index (χ1) is 15.6. The number of aryl methyl sites for hydroxylation is 1. The summed E-state index contributed by atoms with van der Waals surface area (Å²) in [7, 11) is 0. The van der Waals surface area contributed by atoms with Crippen LogP contribution in [0, 0.1) is 6.92 Å². The van der Waals surface area contributed by atoms with Crippen molar-refractivity contribution < 1.29 is 4.74 Å². The summed E-state index contributed by atoms with van der Waals surface area (Å²) in [5.41, 5.74) is 4.10. The molecule has 4 aromatic rings. The minimum absolute atomic E-state index is 0.0194. The number of hydrogen-bond donors (Lipinski definition) is 0. The molecule has 0 fully saturated rings. The predicted molar refractivity (Wildman–Crippen MR) is 129 cm³/mol. The maximum atomic E-state index is 6.27. The topological polar surface area (TPSA) is 52.3 Å². The van der Waals surface area contributed by atoms with E-state index in [-0.39, 0.29) is 11.9 Å². The highest BCUT2D eigenvalue weighted by atomic mass is 35.5. The van der Waals surface area contributed by atoms with Crippen molar-refractivity contribution in [2.75, 3.05) is 0 Å². The molecular weight excluding hydrogens is 463 g/mol. The van der Waals surface area contributed by atoms with E-state index in [9.17, 15) is 0 Å². The molecule has 1 aliphatic heterocycles. The molecule has 0 aliphatic carbocycles. The van der Waals surface area contributed by atoms with Crippen LogP contribution in [0.2, 0.25) is 10.0 Å². The van der Waals surface area contributed by atoms with Crippen LogP contribution in [0.25, 0.3) is 0 Å². The lowest BCUT2D eigenvalue weighted by atomic mass is 10.0. The molecule has 0 saturated heterocycles. The van der Waals surface area contributed by atoms with Crippen LogP contribution >= 0.6 is 35.0 Å². The fourth-order valence-electron chi connectivity index (χ4n) is 3.43. The van der Waals surface area contributed by atoms with Gasteiger partial charge in [0, 0.05) is 5.02 Å². The molecule has 0 unspecified atom stereocenters. The molecule has 0 spiro atoms. The zero-order valence-electron chi connectivity index (χ0n) is 17.1. The van der Waals surface area contributed by atoms with Gasteiger partial charge in [-0.25, -0.2) is 0 Å². The van der Waals surface area contributed by atoms with Crippen LogP contribution in [0.15, 0.2) is 83.1 Å². The van der Waals surface area contributed by atoms with Gasteiger partial charge in [-0.2, -0.15) is 9.78 Å². The molecule has 1 aromatic heterocycles. The summed E-state index contributed by atoms with van der Waals surface area (Å²) in [6, 6.07) is 23.6. The van der Waals surface area contributed by atoms with Gasteiger partial charge in [-0.05, 0) is 47.9 Å². The van der Waals surface area contributed by atoms with E-state index in [1.54, 1.807) is 16.4 Å². The Morgan fingerprint density at radius 3 is 2.53 bits per heavy atom. The molecule has 0 amide bonds. The van der Waals surface area contributed by atoms with Crippen LogP contribution in [0.3, 0.4) is 0 Å². The Hall–Kier alpha value is -2.80. The number of fused-ring (bicyclic) bond motifs is 1. The van der Waals surface area contributed by atoms with Crippen LogP contribution < -0.4 is 4.74 Å². The predicted octanol–water partition coefficient (Wildman–Crippen LogP) is 6.57. The lowest BCUT2D eigenvalue weighted by Crippen LogP contribution is -2.19. The second-order valence-corrected chi connectivity index (χ2v) is 9.25. The van der Waals surface area contributed by atoms with Gasteiger partial charge in [0.25, 0.3) is 0 Å². The van der Waals surface area contributed by atoms with Crippen molar-refractivity contribution in [2.45, 2.75) is 23.9 Å². The molecule has 2 heterocycles.